The van der Waals surface area contributed by atoms with Crippen molar-refractivity contribution in [2.45, 2.75) is 5.54 Å². The van der Waals surface area contributed by atoms with E-state index in [0.717, 1.165) is 0 Å². The number of nitrogens with two attached hydrogens (primary N) is 1. The molecule has 0 aromatic carbocycles. The Morgan fingerprint density at radius 3 is 2.29 bits per heavy atom. The van der Waals surface area contributed by atoms with Crippen LogP contribution in [0.15, 0.2) is 12.7 Å². The van der Waals surface area contributed by atoms with Crippen molar-refractivity contribution in [2.75, 3.05) is 30.6 Å². The molecule has 0 saturated heterocycles. The molecule has 0 unspecified atom stereocenters. The number of aliphatic hydroxyl groups is 3. The highest BCUT2D eigenvalue weighted by atomic mass is 16.3. The molecule has 0 aliphatic rings. The van der Waals surface area contributed by atoms with Crippen LogP contribution in [0.1, 0.15) is 0 Å². The average molecular weight is 297 g/mol. The highest BCUT2D eigenvalue weighted by molar-refractivity contribution is 5.39. The van der Waals surface area contributed by atoms with Gasteiger partial charge in [0, 0.05) is 0 Å². The molecular formula is C9H15N9O3. The zero-order valence-corrected chi connectivity index (χ0v) is 10.9. The summed E-state index contributed by atoms with van der Waals surface area (Å²) in [7, 11) is 0. The van der Waals surface area contributed by atoms with Crippen molar-refractivity contribution in [3.05, 3.63) is 12.7 Å². The van der Waals surface area contributed by atoms with Crippen LogP contribution in [0, 0.1) is 0 Å². The van der Waals surface area contributed by atoms with Crippen LogP contribution in [0.4, 0.5) is 11.9 Å². The number of rotatable bonds is 7. The predicted octanol–water partition coefficient (Wildman–Crippen LogP) is -3.13. The van der Waals surface area contributed by atoms with Gasteiger partial charge in [0.25, 0.3) is 5.95 Å². The van der Waals surface area contributed by atoms with Crippen LogP contribution in [-0.2, 0) is 0 Å². The van der Waals surface area contributed by atoms with Crippen LogP contribution in [-0.4, -0.2) is 70.4 Å². The number of nitrogens with one attached hydrogen (secondary N) is 2. The van der Waals surface area contributed by atoms with Gasteiger partial charge in [-0.15, -0.1) is 0 Å². The van der Waals surface area contributed by atoms with Crippen molar-refractivity contribution in [1.82, 2.24) is 29.7 Å². The van der Waals surface area contributed by atoms with Gasteiger partial charge in [-0.1, -0.05) is 0 Å². The third kappa shape index (κ3) is 3.19. The Kier molecular flexibility index (Phi) is 4.54. The maximum atomic E-state index is 9.30. The maximum Gasteiger partial charge on any atom is 0.258 e. The summed E-state index contributed by atoms with van der Waals surface area (Å²) in [5, 5.41) is 34.4. The molecule has 12 heteroatoms. The van der Waals surface area contributed by atoms with Crippen LogP contribution in [0.25, 0.3) is 5.95 Å². The number of hydrazine groups is 1. The Morgan fingerprint density at radius 2 is 1.76 bits per heavy atom. The minimum Gasteiger partial charge on any atom is -0.394 e. The minimum absolute atomic E-state index is 0.0133. The molecule has 0 spiro atoms. The van der Waals surface area contributed by atoms with Crippen molar-refractivity contribution in [2.24, 2.45) is 5.84 Å². The molecule has 2 aromatic heterocycles. The topological polar surface area (TPSA) is 180 Å². The lowest BCUT2D eigenvalue weighted by Gasteiger charge is -2.28. The molecule has 2 aromatic rings. The molecule has 2 heterocycles. The summed E-state index contributed by atoms with van der Waals surface area (Å²) in [6.07, 6.45) is 2.67. The normalized spacial score (nSPS) is 11.4. The van der Waals surface area contributed by atoms with Gasteiger partial charge in [0.1, 0.15) is 18.2 Å². The van der Waals surface area contributed by atoms with Crippen LogP contribution >= 0.6 is 0 Å². The van der Waals surface area contributed by atoms with Gasteiger partial charge >= 0.3 is 0 Å². The third-order valence-electron chi connectivity index (χ3n) is 2.66. The highest BCUT2D eigenvalue weighted by Crippen LogP contribution is 2.13. The zero-order valence-electron chi connectivity index (χ0n) is 10.9. The lowest BCUT2D eigenvalue weighted by Crippen LogP contribution is -2.49. The van der Waals surface area contributed by atoms with E-state index in [-0.39, 0.29) is 17.8 Å². The fourth-order valence-corrected chi connectivity index (χ4v) is 1.40. The Morgan fingerprint density at radius 1 is 1.10 bits per heavy atom. The van der Waals surface area contributed by atoms with E-state index in [1.165, 1.54) is 17.3 Å². The van der Waals surface area contributed by atoms with Gasteiger partial charge in [-0.2, -0.15) is 24.7 Å². The van der Waals surface area contributed by atoms with Crippen molar-refractivity contribution in [3.63, 3.8) is 0 Å². The van der Waals surface area contributed by atoms with Gasteiger partial charge in [-0.25, -0.2) is 10.8 Å². The number of aliphatic hydroxyl groups excluding tert-OH is 3. The standard InChI is InChI=1S/C9H15N9O3/c10-17-7-13-6(16-9(1-19,2-20)3-21)14-8(15-7)18-5-11-4-12-18/h4-5,19-21H,1-3,10H2,(H2,13,14,15,16,17). The summed E-state index contributed by atoms with van der Waals surface area (Å²) >= 11 is 0. The summed E-state index contributed by atoms with van der Waals surface area (Å²) < 4.78 is 1.27. The predicted molar refractivity (Wildman–Crippen MR) is 70.2 cm³/mol. The lowest BCUT2D eigenvalue weighted by molar-refractivity contribution is 0.0828. The summed E-state index contributed by atoms with van der Waals surface area (Å²) in [5.41, 5.74) is 0.876. The second kappa shape index (κ2) is 6.36. The molecule has 0 bridgehead atoms. The van der Waals surface area contributed by atoms with Gasteiger partial charge in [0.15, 0.2) is 0 Å². The number of anilines is 2. The van der Waals surface area contributed by atoms with Crippen LogP contribution in [0.3, 0.4) is 0 Å². The van der Waals surface area contributed by atoms with E-state index in [1.54, 1.807) is 0 Å². The van der Waals surface area contributed by atoms with E-state index in [1.807, 2.05) is 0 Å². The molecule has 7 N–H and O–H groups in total. The SMILES string of the molecule is NNc1nc(NC(CO)(CO)CO)nc(-n2cncn2)n1. The number of hydrogen-bond donors (Lipinski definition) is 6. The lowest BCUT2D eigenvalue weighted by atomic mass is 10.0. The molecule has 0 saturated carbocycles. The van der Waals surface area contributed by atoms with Gasteiger partial charge in [0.05, 0.1) is 19.8 Å². The Hall–Kier alpha value is -2.41. The number of hydrogen-bond acceptors (Lipinski definition) is 11. The maximum absolute atomic E-state index is 9.30. The van der Waals surface area contributed by atoms with Crippen molar-refractivity contribution >= 4 is 11.9 Å². The van der Waals surface area contributed by atoms with Gasteiger partial charge in [-0.05, 0) is 0 Å². The molecule has 12 nitrogen and oxygen atoms in total. The fraction of sp³-hybridized carbons (Fsp3) is 0.444. The zero-order chi connectivity index (χ0) is 15.3. The van der Waals surface area contributed by atoms with Crippen LogP contribution in [0.2, 0.25) is 0 Å². The first-order valence-electron chi connectivity index (χ1n) is 5.85. The van der Waals surface area contributed by atoms with Crippen molar-refractivity contribution in [3.8, 4) is 5.95 Å². The first-order valence-corrected chi connectivity index (χ1v) is 5.85. The fourth-order valence-electron chi connectivity index (χ4n) is 1.40. The molecule has 0 aliphatic heterocycles. The third-order valence-corrected chi connectivity index (χ3v) is 2.66. The van der Waals surface area contributed by atoms with E-state index in [9.17, 15) is 15.3 Å². The highest BCUT2D eigenvalue weighted by Gasteiger charge is 2.29. The van der Waals surface area contributed by atoms with Crippen LogP contribution in [0.5, 0.6) is 0 Å². The monoisotopic (exact) mass is 297 g/mol. The van der Waals surface area contributed by atoms with Crippen molar-refractivity contribution < 1.29 is 15.3 Å². The van der Waals surface area contributed by atoms with E-state index in [2.05, 4.69) is 35.8 Å². The number of nitrogens with zero attached hydrogens (tertiary/aromatic N) is 6. The molecule has 0 aliphatic carbocycles. The van der Waals surface area contributed by atoms with E-state index in [4.69, 9.17) is 5.84 Å². The van der Waals surface area contributed by atoms with Gasteiger partial charge < -0.3 is 20.6 Å². The first-order chi connectivity index (χ1) is 10.2. The van der Waals surface area contributed by atoms with Gasteiger partial charge in [-0.3, -0.25) is 5.43 Å². The Balaban J connectivity index is 2.37. The van der Waals surface area contributed by atoms with E-state index < -0.39 is 25.4 Å². The number of aromatic nitrogens is 6. The average Bonchev–Trinajstić information content (AvgIpc) is 3.07. The summed E-state index contributed by atoms with van der Waals surface area (Å²) in [6.45, 7) is -1.60. The Labute approximate surface area is 118 Å². The summed E-state index contributed by atoms with van der Waals surface area (Å²) in [4.78, 5) is 15.7. The Bertz CT molecular complexity index is 564. The quantitative estimate of drug-likeness (QED) is 0.224. The summed E-state index contributed by atoms with van der Waals surface area (Å²) in [5.74, 6) is 5.41. The first kappa shape index (κ1) is 15.0. The molecule has 0 fully saturated rings. The van der Waals surface area contributed by atoms with E-state index >= 15 is 0 Å². The summed E-state index contributed by atoms with van der Waals surface area (Å²) in [6, 6.07) is 0. The molecule has 2 rings (SSSR count). The molecule has 0 radical (unpaired) electrons. The molecule has 21 heavy (non-hydrogen) atoms. The second-order valence-corrected chi connectivity index (χ2v) is 4.15. The largest absolute Gasteiger partial charge is 0.394 e. The molecule has 0 amide bonds. The minimum atomic E-state index is -1.38. The van der Waals surface area contributed by atoms with Crippen LogP contribution < -0.4 is 16.6 Å². The van der Waals surface area contributed by atoms with Crippen molar-refractivity contribution in [1.29, 1.82) is 0 Å². The molecule has 0 atom stereocenters. The number of nitrogen functional groups attached to an aromatic ring is 1. The van der Waals surface area contributed by atoms with E-state index in [0.29, 0.717) is 0 Å². The van der Waals surface area contributed by atoms with Gasteiger partial charge in [0.2, 0.25) is 11.9 Å². The molecular weight excluding hydrogens is 282 g/mol. The molecule has 114 valence electrons. The second-order valence-electron chi connectivity index (χ2n) is 4.15. The smallest absolute Gasteiger partial charge is 0.258 e.